The number of hydrogen-bond acceptors (Lipinski definition) is 4. The van der Waals surface area contributed by atoms with Crippen LogP contribution in [0.5, 0.6) is 5.75 Å². The molecule has 0 bridgehead atoms. The highest BCUT2D eigenvalue weighted by Crippen LogP contribution is 2.30. The van der Waals surface area contributed by atoms with Crippen molar-refractivity contribution in [2.24, 2.45) is 0 Å². The van der Waals surface area contributed by atoms with Gasteiger partial charge in [0.05, 0.1) is 17.2 Å². The number of anilines is 2. The van der Waals surface area contributed by atoms with Crippen molar-refractivity contribution < 1.29 is 19.1 Å². The summed E-state index contributed by atoms with van der Waals surface area (Å²) in [6.07, 6.45) is 0. The third kappa shape index (κ3) is 5.00. The number of aryl methyl sites for hydroxylation is 1. The molecule has 0 aliphatic rings. The van der Waals surface area contributed by atoms with E-state index < -0.39 is 17.7 Å². The van der Waals surface area contributed by atoms with Crippen LogP contribution in [0.2, 0.25) is 10.0 Å². The molecule has 8 nitrogen and oxygen atoms in total. The summed E-state index contributed by atoms with van der Waals surface area (Å²) < 4.78 is 6.67. The number of carbonyl (C=O) groups excluding carboxylic acids is 3. The summed E-state index contributed by atoms with van der Waals surface area (Å²) in [4.78, 5) is 38.9. The zero-order valence-corrected chi connectivity index (χ0v) is 21.1. The number of nitrogens with one attached hydrogen (secondary N) is 3. The van der Waals surface area contributed by atoms with Crippen molar-refractivity contribution in [3.63, 3.8) is 0 Å². The summed E-state index contributed by atoms with van der Waals surface area (Å²) in [7, 11) is 1.47. The lowest BCUT2D eigenvalue weighted by atomic mass is 10.1. The Kier molecular flexibility index (Phi) is 7.19. The molecular formula is C26H22Cl2N4O4. The van der Waals surface area contributed by atoms with Crippen LogP contribution in [0.1, 0.15) is 21.6 Å². The number of hydrogen-bond donors (Lipinski definition) is 3. The second-order valence-corrected chi connectivity index (χ2v) is 8.80. The predicted octanol–water partition coefficient (Wildman–Crippen LogP) is 5.53. The molecule has 1 aromatic heterocycles. The largest absolute Gasteiger partial charge is 0.494 e. The molecule has 0 saturated heterocycles. The van der Waals surface area contributed by atoms with Crippen LogP contribution in [0.15, 0.2) is 60.7 Å². The number of nitrogens with zero attached hydrogens (tertiary/aromatic N) is 1. The van der Waals surface area contributed by atoms with Gasteiger partial charge in [0, 0.05) is 16.8 Å². The normalized spacial score (nSPS) is 10.7. The van der Waals surface area contributed by atoms with Gasteiger partial charge in [0.1, 0.15) is 17.0 Å². The van der Waals surface area contributed by atoms with E-state index in [1.54, 1.807) is 48.5 Å². The first kappa shape index (κ1) is 25.1. The minimum Gasteiger partial charge on any atom is -0.494 e. The molecule has 0 atom stereocenters. The van der Waals surface area contributed by atoms with E-state index in [-0.39, 0.29) is 10.7 Å². The smallest absolute Gasteiger partial charge is 0.328 e. The van der Waals surface area contributed by atoms with Crippen LogP contribution in [0.4, 0.5) is 11.4 Å². The maximum atomic E-state index is 13.2. The van der Waals surface area contributed by atoms with E-state index in [0.717, 1.165) is 11.1 Å². The van der Waals surface area contributed by atoms with Gasteiger partial charge < -0.3 is 15.4 Å². The zero-order chi connectivity index (χ0) is 26.0. The third-order valence-corrected chi connectivity index (χ3v) is 6.43. The van der Waals surface area contributed by atoms with Gasteiger partial charge in [0.2, 0.25) is 0 Å². The van der Waals surface area contributed by atoms with Gasteiger partial charge in [-0.1, -0.05) is 47.5 Å². The van der Waals surface area contributed by atoms with Gasteiger partial charge in [-0.3, -0.25) is 19.8 Å². The molecular weight excluding hydrogens is 503 g/mol. The fraction of sp³-hybridized carbons (Fsp3) is 0.115. The molecule has 184 valence electrons. The lowest BCUT2D eigenvalue weighted by Gasteiger charge is -2.15. The molecule has 36 heavy (non-hydrogen) atoms. The van der Waals surface area contributed by atoms with E-state index in [2.05, 4.69) is 16.1 Å². The van der Waals surface area contributed by atoms with Crippen LogP contribution in [-0.2, 0) is 9.59 Å². The fourth-order valence-electron chi connectivity index (χ4n) is 3.66. The Morgan fingerprint density at radius 3 is 2.33 bits per heavy atom. The SMILES string of the molecule is COc1cccc2cc(C(=O)Nc3ccc(Cl)c(Cl)c3)n(NC(=O)C(=O)Nc3cccc(C)c3C)c12. The molecule has 10 heteroatoms. The van der Waals surface area contributed by atoms with E-state index >= 15 is 0 Å². The summed E-state index contributed by atoms with van der Waals surface area (Å²) in [5.74, 6) is -2.02. The molecule has 0 saturated carbocycles. The highest BCUT2D eigenvalue weighted by Gasteiger charge is 2.23. The Bertz CT molecular complexity index is 1510. The second-order valence-electron chi connectivity index (χ2n) is 7.99. The van der Waals surface area contributed by atoms with Crippen molar-refractivity contribution in [2.45, 2.75) is 13.8 Å². The molecule has 4 aromatic rings. The summed E-state index contributed by atoms with van der Waals surface area (Å²) in [6.45, 7) is 3.75. The summed E-state index contributed by atoms with van der Waals surface area (Å²) in [5.41, 5.74) is 5.73. The van der Waals surface area contributed by atoms with Crippen molar-refractivity contribution in [1.82, 2.24) is 4.68 Å². The number of ether oxygens (including phenoxy) is 1. The molecule has 0 aliphatic heterocycles. The van der Waals surface area contributed by atoms with E-state index in [1.165, 1.54) is 17.9 Å². The maximum absolute atomic E-state index is 13.2. The second kappa shape index (κ2) is 10.3. The average molecular weight is 525 g/mol. The van der Waals surface area contributed by atoms with Crippen LogP contribution in [0.3, 0.4) is 0 Å². The average Bonchev–Trinajstić information content (AvgIpc) is 3.23. The van der Waals surface area contributed by atoms with Crippen LogP contribution in [-0.4, -0.2) is 29.5 Å². The van der Waals surface area contributed by atoms with Crippen LogP contribution in [0, 0.1) is 13.8 Å². The molecule has 0 aliphatic carbocycles. The van der Waals surface area contributed by atoms with Gasteiger partial charge in [-0.05, 0) is 61.4 Å². The van der Waals surface area contributed by atoms with E-state index in [9.17, 15) is 14.4 Å². The zero-order valence-electron chi connectivity index (χ0n) is 19.6. The first-order valence-electron chi connectivity index (χ1n) is 10.8. The van der Waals surface area contributed by atoms with Crippen LogP contribution < -0.4 is 20.8 Å². The molecule has 0 radical (unpaired) electrons. The monoisotopic (exact) mass is 524 g/mol. The van der Waals surface area contributed by atoms with Gasteiger partial charge in [-0.15, -0.1) is 0 Å². The number of methoxy groups -OCH3 is 1. The lowest BCUT2D eigenvalue weighted by Crippen LogP contribution is -2.36. The maximum Gasteiger partial charge on any atom is 0.328 e. The van der Waals surface area contributed by atoms with E-state index in [1.807, 2.05) is 19.9 Å². The predicted molar refractivity (Wildman–Crippen MR) is 142 cm³/mol. The van der Waals surface area contributed by atoms with Crippen LogP contribution in [0.25, 0.3) is 10.9 Å². The Balaban J connectivity index is 1.68. The minimum atomic E-state index is -0.970. The number of halogens is 2. The first-order valence-corrected chi connectivity index (χ1v) is 11.6. The number of benzene rings is 3. The molecule has 3 aromatic carbocycles. The summed E-state index contributed by atoms with van der Waals surface area (Å²) in [6, 6.07) is 16.8. The van der Waals surface area contributed by atoms with E-state index in [4.69, 9.17) is 27.9 Å². The van der Waals surface area contributed by atoms with Gasteiger partial charge >= 0.3 is 11.8 Å². The summed E-state index contributed by atoms with van der Waals surface area (Å²) in [5, 5.41) is 6.57. The lowest BCUT2D eigenvalue weighted by molar-refractivity contribution is -0.133. The third-order valence-electron chi connectivity index (χ3n) is 5.69. The quantitative estimate of drug-likeness (QED) is 0.298. The molecule has 0 fully saturated rings. The number of amides is 3. The molecule has 3 N–H and O–H groups in total. The van der Waals surface area contributed by atoms with Gasteiger partial charge in [-0.25, -0.2) is 4.68 Å². The Morgan fingerprint density at radius 1 is 0.861 bits per heavy atom. The number of aromatic nitrogens is 1. The number of para-hydroxylation sites is 1. The van der Waals surface area contributed by atoms with E-state index in [0.29, 0.717) is 33.0 Å². The highest BCUT2D eigenvalue weighted by atomic mass is 35.5. The molecule has 0 unspecified atom stereocenters. The number of carbonyl (C=O) groups is 3. The highest BCUT2D eigenvalue weighted by molar-refractivity contribution is 6.43. The molecule has 4 rings (SSSR count). The molecule has 0 spiro atoms. The standard InChI is InChI=1S/C26H22Cl2N4O4/c1-14-6-4-8-20(15(14)2)30-25(34)26(35)31-32-21(12-16-7-5-9-22(36-3)23(16)32)24(33)29-17-10-11-18(27)19(28)13-17/h4-13H,1-3H3,(H,29,33)(H,30,34)(H,31,35). The first-order chi connectivity index (χ1) is 17.2. The van der Waals surface area contributed by atoms with Crippen LogP contribution >= 0.6 is 23.2 Å². The summed E-state index contributed by atoms with van der Waals surface area (Å²) >= 11 is 12.0. The minimum absolute atomic E-state index is 0.0634. The Labute approximate surface area is 217 Å². The number of fused-ring (bicyclic) bond motifs is 1. The van der Waals surface area contributed by atoms with Gasteiger partial charge in [0.15, 0.2) is 0 Å². The topological polar surface area (TPSA) is 101 Å². The fourth-order valence-corrected chi connectivity index (χ4v) is 3.96. The molecule has 3 amide bonds. The van der Waals surface area contributed by atoms with Gasteiger partial charge in [0.25, 0.3) is 5.91 Å². The number of rotatable bonds is 5. The van der Waals surface area contributed by atoms with Crippen molar-refractivity contribution in [1.29, 1.82) is 0 Å². The van der Waals surface area contributed by atoms with Gasteiger partial charge in [-0.2, -0.15) is 0 Å². The molecule has 1 heterocycles. The van der Waals surface area contributed by atoms with Crippen molar-refractivity contribution in [3.8, 4) is 5.75 Å². The van der Waals surface area contributed by atoms with Crippen molar-refractivity contribution in [2.75, 3.05) is 23.2 Å². The Hall–Kier alpha value is -4.01. The van der Waals surface area contributed by atoms with Crippen molar-refractivity contribution >= 4 is 63.2 Å². The Morgan fingerprint density at radius 2 is 1.61 bits per heavy atom. The van der Waals surface area contributed by atoms with Crippen molar-refractivity contribution in [3.05, 3.63) is 87.5 Å².